The molecule has 1 heterocycles. The number of non-ortho nitro benzene ring substituents is 1. The average Bonchev–Trinajstić information content (AvgIpc) is 3.25. The van der Waals surface area contributed by atoms with Crippen LogP contribution < -0.4 is 14.9 Å². The molecule has 9 nitrogen and oxygen atoms in total. The third-order valence-corrected chi connectivity index (χ3v) is 4.82. The second-order valence-corrected chi connectivity index (χ2v) is 7.62. The van der Waals surface area contributed by atoms with E-state index < -0.39 is 10.8 Å². The first-order chi connectivity index (χ1) is 15.8. The highest BCUT2D eigenvalue weighted by molar-refractivity contribution is 5.82. The van der Waals surface area contributed by atoms with Gasteiger partial charge in [-0.05, 0) is 48.2 Å². The van der Waals surface area contributed by atoms with Crippen LogP contribution in [0, 0.1) is 17.0 Å². The van der Waals surface area contributed by atoms with E-state index in [2.05, 4.69) is 24.4 Å². The smallest absolute Gasteiger partial charge is 0.277 e. The number of hydrazone groups is 1. The maximum Gasteiger partial charge on any atom is 0.277 e. The van der Waals surface area contributed by atoms with Gasteiger partial charge in [-0.1, -0.05) is 26.0 Å². The Bertz CT molecular complexity index is 1180. The van der Waals surface area contributed by atoms with Crippen LogP contribution in [0.15, 0.2) is 58.0 Å². The van der Waals surface area contributed by atoms with Crippen molar-refractivity contribution < 1.29 is 23.6 Å². The molecule has 0 aliphatic heterocycles. The normalized spacial score (nSPS) is 11.1. The van der Waals surface area contributed by atoms with Gasteiger partial charge in [0.05, 0.1) is 29.9 Å². The zero-order valence-corrected chi connectivity index (χ0v) is 18.8. The maximum absolute atomic E-state index is 12.1. The van der Waals surface area contributed by atoms with Gasteiger partial charge in [-0.25, -0.2) is 5.43 Å². The number of rotatable bonds is 9. The maximum atomic E-state index is 12.1. The van der Waals surface area contributed by atoms with E-state index in [-0.39, 0.29) is 18.2 Å². The molecule has 172 valence electrons. The predicted octanol–water partition coefficient (Wildman–Crippen LogP) is 4.82. The average molecular weight is 451 g/mol. The number of aryl methyl sites for hydroxylation is 1. The fourth-order valence-corrected chi connectivity index (χ4v) is 3.15. The molecule has 0 radical (unpaired) electrons. The molecule has 0 fully saturated rings. The van der Waals surface area contributed by atoms with Gasteiger partial charge in [0.25, 0.3) is 11.6 Å². The molecule has 3 aromatic rings. The van der Waals surface area contributed by atoms with Gasteiger partial charge in [0.1, 0.15) is 23.0 Å². The number of nitrogens with one attached hydrogen (secondary N) is 1. The number of nitrogens with zero attached hydrogens (tertiary/aromatic N) is 2. The monoisotopic (exact) mass is 451 g/mol. The van der Waals surface area contributed by atoms with Crippen molar-refractivity contribution in [2.75, 3.05) is 13.7 Å². The highest BCUT2D eigenvalue weighted by Crippen LogP contribution is 2.34. The fourth-order valence-electron chi connectivity index (χ4n) is 3.15. The number of nitro benzene ring substituents is 1. The molecule has 0 spiro atoms. The van der Waals surface area contributed by atoms with Crippen molar-refractivity contribution in [1.82, 2.24) is 5.43 Å². The molecule has 1 aromatic heterocycles. The number of amides is 1. The fraction of sp³-hybridized carbons (Fsp3) is 0.250. The van der Waals surface area contributed by atoms with Gasteiger partial charge >= 0.3 is 0 Å². The number of ether oxygens (including phenoxy) is 2. The van der Waals surface area contributed by atoms with E-state index in [1.165, 1.54) is 25.5 Å². The summed E-state index contributed by atoms with van der Waals surface area (Å²) in [4.78, 5) is 22.6. The number of benzene rings is 2. The number of carbonyl (C=O) groups is 1. The first kappa shape index (κ1) is 23.5. The van der Waals surface area contributed by atoms with Crippen LogP contribution in [0.2, 0.25) is 0 Å². The van der Waals surface area contributed by atoms with Crippen LogP contribution in [-0.4, -0.2) is 30.8 Å². The SMILES string of the molecule is COc1cc([N+](=O)[O-])ccc1-c1ccc(/C=N\NC(=O)COc2cc(C)ccc2C(C)C)o1. The van der Waals surface area contributed by atoms with E-state index >= 15 is 0 Å². The molecule has 0 atom stereocenters. The Labute approximate surface area is 191 Å². The van der Waals surface area contributed by atoms with E-state index in [1.54, 1.807) is 18.2 Å². The van der Waals surface area contributed by atoms with Crippen molar-refractivity contribution in [3.05, 3.63) is 75.5 Å². The van der Waals surface area contributed by atoms with E-state index in [9.17, 15) is 14.9 Å². The summed E-state index contributed by atoms with van der Waals surface area (Å²) in [5.74, 6) is 1.67. The Morgan fingerprint density at radius 2 is 1.97 bits per heavy atom. The standard InChI is InChI=1S/C24H25N3O6/c1-15(2)19-8-5-16(3)11-23(19)32-14-24(28)26-25-13-18-7-10-21(33-18)20-9-6-17(27(29)30)12-22(20)31-4/h5-13,15H,14H2,1-4H3,(H,26,28)/b25-13-. The zero-order valence-electron chi connectivity index (χ0n) is 18.8. The summed E-state index contributed by atoms with van der Waals surface area (Å²) in [6.07, 6.45) is 1.35. The van der Waals surface area contributed by atoms with Crippen LogP contribution in [0.3, 0.4) is 0 Å². The molecule has 9 heteroatoms. The summed E-state index contributed by atoms with van der Waals surface area (Å²) in [6.45, 7) is 5.91. The molecule has 0 unspecified atom stereocenters. The number of carbonyl (C=O) groups excluding carboxylic acids is 1. The zero-order chi connectivity index (χ0) is 24.0. The van der Waals surface area contributed by atoms with Crippen LogP contribution >= 0.6 is 0 Å². The molecule has 0 aliphatic rings. The molecule has 1 amide bonds. The summed E-state index contributed by atoms with van der Waals surface area (Å²) in [5.41, 5.74) is 4.95. The van der Waals surface area contributed by atoms with Crippen LogP contribution in [0.5, 0.6) is 11.5 Å². The second kappa shape index (κ2) is 10.4. The Balaban J connectivity index is 1.61. The summed E-state index contributed by atoms with van der Waals surface area (Å²) in [6, 6.07) is 13.5. The molecule has 0 bridgehead atoms. The number of hydrogen-bond acceptors (Lipinski definition) is 7. The lowest BCUT2D eigenvalue weighted by molar-refractivity contribution is -0.384. The molecule has 0 saturated carbocycles. The number of furan rings is 1. The highest BCUT2D eigenvalue weighted by Gasteiger charge is 2.15. The van der Waals surface area contributed by atoms with Crippen molar-refractivity contribution in [1.29, 1.82) is 0 Å². The molecule has 2 aromatic carbocycles. The van der Waals surface area contributed by atoms with Crippen LogP contribution in [0.25, 0.3) is 11.3 Å². The minimum absolute atomic E-state index is 0.0833. The predicted molar refractivity (Wildman–Crippen MR) is 124 cm³/mol. The largest absolute Gasteiger partial charge is 0.496 e. The topological polar surface area (TPSA) is 116 Å². The molecule has 1 N–H and O–H groups in total. The number of nitro groups is 1. The lowest BCUT2D eigenvalue weighted by Crippen LogP contribution is -2.24. The number of hydrogen-bond donors (Lipinski definition) is 1. The molecule has 33 heavy (non-hydrogen) atoms. The summed E-state index contributed by atoms with van der Waals surface area (Å²) < 4.78 is 16.6. The lowest BCUT2D eigenvalue weighted by atomic mass is 10.0. The van der Waals surface area contributed by atoms with Crippen LogP contribution in [-0.2, 0) is 4.79 Å². The van der Waals surface area contributed by atoms with Gasteiger partial charge in [0, 0.05) is 6.07 Å². The Morgan fingerprint density at radius 1 is 1.18 bits per heavy atom. The Hall–Kier alpha value is -4.14. The van der Waals surface area contributed by atoms with E-state index in [0.717, 1.165) is 11.1 Å². The molecule has 0 aliphatic carbocycles. The van der Waals surface area contributed by atoms with Gasteiger partial charge < -0.3 is 13.9 Å². The van der Waals surface area contributed by atoms with Gasteiger partial charge in [-0.3, -0.25) is 14.9 Å². The first-order valence-electron chi connectivity index (χ1n) is 10.3. The van der Waals surface area contributed by atoms with Gasteiger partial charge in [-0.15, -0.1) is 0 Å². The van der Waals surface area contributed by atoms with E-state index in [0.29, 0.717) is 28.6 Å². The van der Waals surface area contributed by atoms with Gasteiger partial charge in [0.2, 0.25) is 0 Å². The van der Waals surface area contributed by atoms with Crippen molar-refractivity contribution in [3.8, 4) is 22.8 Å². The molecule has 0 saturated heterocycles. The molecular weight excluding hydrogens is 426 g/mol. The van der Waals surface area contributed by atoms with Crippen molar-refractivity contribution in [2.45, 2.75) is 26.7 Å². The van der Waals surface area contributed by atoms with Gasteiger partial charge in [0.15, 0.2) is 6.61 Å². The third-order valence-electron chi connectivity index (χ3n) is 4.82. The Kier molecular flexibility index (Phi) is 7.45. The minimum Gasteiger partial charge on any atom is -0.496 e. The first-order valence-corrected chi connectivity index (χ1v) is 10.3. The van der Waals surface area contributed by atoms with Crippen LogP contribution in [0.4, 0.5) is 5.69 Å². The minimum atomic E-state index is -0.498. The molecular formula is C24H25N3O6. The van der Waals surface area contributed by atoms with Crippen LogP contribution in [0.1, 0.15) is 36.7 Å². The second-order valence-electron chi connectivity index (χ2n) is 7.62. The van der Waals surface area contributed by atoms with Crippen molar-refractivity contribution in [3.63, 3.8) is 0 Å². The van der Waals surface area contributed by atoms with E-state index in [1.807, 2.05) is 25.1 Å². The Morgan fingerprint density at radius 3 is 2.67 bits per heavy atom. The summed E-state index contributed by atoms with van der Waals surface area (Å²) in [7, 11) is 1.42. The lowest BCUT2D eigenvalue weighted by Gasteiger charge is -2.14. The summed E-state index contributed by atoms with van der Waals surface area (Å²) in [5, 5.41) is 14.8. The summed E-state index contributed by atoms with van der Waals surface area (Å²) >= 11 is 0. The number of methoxy groups -OCH3 is 1. The molecule has 3 rings (SSSR count). The van der Waals surface area contributed by atoms with E-state index in [4.69, 9.17) is 13.9 Å². The van der Waals surface area contributed by atoms with Crippen molar-refractivity contribution >= 4 is 17.8 Å². The third kappa shape index (κ3) is 5.97. The van der Waals surface area contributed by atoms with Crippen molar-refractivity contribution in [2.24, 2.45) is 5.10 Å². The quantitative estimate of drug-likeness (QED) is 0.283. The van der Waals surface area contributed by atoms with Gasteiger partial charge in [-0.2, -0.15) is 5.10 Å². The highest BCUT2D eigenvalue weighted by atomic mass is 16.6.